The molecule has 0 amide bonds. The third-order valence-corrected chi connectivity index (χ3v) is 3.49. The number of furan rings is 1. The molecule has 0 radical (unpaired) electrons. The van der Waals surface area contributed by atoms with E-state index in [0.717, 1.165) is 5.39 Å². The molecule has 0 saturated heterocycles. The summed E-state index contributed by atoms with van der Waals surface area (Å²) in [4.78, 5) is 0. The van der Waals surface area contributed by atoms with Gasteiger partial charge in [0.2, 0.25) is 0 Å². The van der Waals surface area contributed by atoms with E-state index in [4.69, 9.17) is 20.8 Å². The van der Waals surface area contributed by atoms with E-state index >= 15 is 0 Å². The fourth-order valence-corrected chi connectivity index (χ4v) is 2.36. The zero-order valence-electron chi connectivity index (χ0n) is 11.1. The molecule has 0 aliphatic heterocycles. The molecular weight excluding hydrogens is 295 g/mol. The van der Waals surface area contributed by atoms with Gasteiger partial charge in [0, 0.05) is 10.4 Å². The summed E-state index contributed by atoms with van der Waals surface area (Å²) >= 11 is 5.92. The SMILES string of the molecule is COc1cc(C(O)c2cc3cc(Cl)ccc3o2)ccc1F. The predicted octanol–water partition coefficient (Wildman–Crippen LogP) is 4.32. The van der Waals surface area contributed by atoms with Crippen LogP contribution in [0.2, 0.25) is 5.02 Å². The first-order chi connectivity index (χ1) is 10.1. The quantitative estimate of drug-likeness (QED) is 0.784. The summed E-state index contributed by atoms with van der Waals surface area (Å²) in [6.07, 6.45) is -1.01. The van der Waals surface area contributed by atoms with Gasteiger partial charge in [0.15, 0.2) is 11.6 Å². The van der Waals surface area contributed by atoms with Gasteiger partial charge in [-0.05, 0) is 42.0 Å². The third-order valence-electron chi connectivity index (χ3n) is 3.26. The summed E-state index contributed by atoms with van der Waals surface area (Å²) in [6, 6.07) is 11.1. The minimum atomic E-state index is -1.01. The van der Waals surface area contributed by atoms with Gasteiger partial charge in [-0.25, -0.2) is 4.39 Å². The predicted molar refractivity (Wildman–Crippen MR) is 78.2 cm³/mol. The van der Waals surface area contributed by atoms with Crippen LogP contribution in [0.1, 0.15) is 17.4 Å². The van der Waals surface area contributed by atoms with Crippen LogP contribution in [0.5, 0.6) is 5.75 Å². The Balaban J connectivity index is 2.01. The highest BCUT2D eigenvalue weighted by molar-refractivity contribution is 6.31. The van der Waals surface area contributed by atoms with Crippen LogP contribution in [-0.2, 0) is 0 Å². The van der Waals surface area contributed by atoms with Crippen molar-refractivity contribution in [2.24, 2.45) is 0 Å². The van der Waals surface area contributed by atoms with E-state index in [9.17, 15) is 9.50 Å². The Labute approximate surface area is 125 Å². The summed E-state index contributed by atoms with van der Waals surface area (Å²) in [5, 5.41) is 11.8. The fraction of sp³-hybridized carbons (Fsp3) is 0.125. The molecule has 108 valence electrons. The molecule has 2 aromatic carbocycles. The number of halogens is 2. The highest BCUT2D eigenvalue weighted by atomic mass is 35.5. The van der Waals surface area contributed by atoms with Crippen molar-refractivity contribution in [2.45, 2.75) is 6.10 Å². The van der Waals surface area contributed by atoms with E-state index in [1.807, 2.05) is 0 Å². The fourth-order valence-electron chi connectivity index (χ4n) is 2.18. The monoisotopic (exact) mass is 306 g/mol. The van der Waals surface area contributed by atoms with Crippen LogP contribution in [0.25, 0.3) is 11.0 Å². The van der Waals surface area contributed by atoms with E-state index in [-0.39, 0.29) is 5.75 Å². The molecule has 3 rings (SSSR count). The molecule has 0 bridgehead atoms. The standard InChI is InChI=1S/C16H12ClFO3/c1-20-14-7-9(2-4-12(14)18)16(19)15-8-10-6-11(17)3-5-13(10)21-15/h2-8,16,19H,1H3. The summed E-state index contributed by atoms with van der Waals surface area (Å²) in [6.45, 7) is 0. The first-order valence-electron chi connectivity index (χ1n) is 6.29. The molecule has 1 atom stereocenters. The van der Waals surface area contributed by atoms with Crippen LogP contribution in [0.3, 0.4) is 0 Å². The van der Waals surface area contributed by atoms with E-state index < -0.39 is 11.9 Å². The zero-order valence-corrected chi connectivity index (χ0v) is 11.9. The smallest absolute Gasteiger partial charge is 0.165 e. The van der Waals surface area contributed by atoms with Crippen molar-refractivity contribution in [3.63, 3.8) is 0 Å². The van der Waals surface area contributed by atoms with Gasteiger partial charge in [0.05, 0.1) is 7.11 Å². The Bertz CT molecular complexity index is 797. The second-order valence-electron chi connectivity index (χ2n) is 4.63. The molecule has 0 aliphatic rings. The number of hydrogen-bond acceptors (Lipinski definition) is 3. The van der Waals surface area contributed by atoms with Crippen molar-refractivity contribution >= 4 is 22.6 Å². The van der Waals surface area contributed by atoms with E-state index in [1.165, 1.54) is 25.3 Å². The van der Waals surface area contributed by atoms with Crippen molar-refractivity contribution in [1.82, 2.24) is 0 Å². The van der Waals surface area contributed by atoms with Crippen molar-refractivity contribution < 1.29 is 18.7 Å². The third kappa shape index (κ3) is 2.60. The highest BCUT2D eigenvalue weighted by Crippen LogP contribution is 2.31. The van der Waals surface area contributed by atoms with Crippen molar-refractivity contribution in [3.8, 4) is 5.75 Å². The molecule has 5 heteroatoms. The lowest BCUT2D eigenvalue weighted by Gasteiger charge is -2.10. The maximum absolute atomic E-state index is 13.4. The number of hydrogen-bond donors (Lipinski definition) is 1. The minimum absolute atomic E-state index is 0.0747. The number of ether oxygens (including phenoxy) is 1. The maximum Gasteiger partial charge on any atom is 0.165 e. The van der Waals surface area contributed by atoms with Crippen LogP contribution in [0.4, 0.5) is 4.39 Å². The van der Waals surface area contributed by atoms with Gasteiger partial charge in [0.1, 0.15) is 17.4 Å². The van der Waals surface area contributed by atoms with Crippen molar-refractivity contribution in [2.75, 3.05) is 7.11 Å². The first kappa shape index (κ1) is 13.9. The second-order valence-corrected chi connectivity index (χ2v) is 5.06. The van der Waals surface area contributed by atoms with Crippen LogP contribution in [-0.4, -0.2) is 12.2 Å². The molecule has 3 aromatic rings. The van der Waals surface area contributed by atoms with Crippen LogP contribution >= 0.6 is 11.6 Å². The Kier molecular flexibility index (Phi) is 3.57. The van der Waals surface area contributed by atoms with Gasteiger partial charge in [-0.2, -0.15) is 0 Å². The molecule has 0 aliphatic carbocycles. The molecule has 0 fully saturated rings. The Morgan fingerprint density at radius 1 is 1.19 bits per heavy atom. The Morgan fingerprint density at radius 3 is 2.76 bits per heavy atom. The number of fused-ring (bicyclic) bond motifs is 1. The summed E-state index contributed by atoms with van der Waals surface area (Å²) in [5.74, 6) is -0.0449. The van der Waals surface area contributed by atoms with Gasteiger partial charge >= 0.3 is 0 Å². The molecule has 1 aromatic heterocycles. The van der Waals surface area contributed by atoms with Gasteiger partial charge in [-0.3, -0.25) is 0 Å². The molecule has 1 heterocycles. The zero-order chi connectivity index (χ0) is 15.0. The number of methoxy groups -OCH3 is 1. The lowest BCUT2D eigenvalue weighted by atomic mass is 10.1. The lowest BCUT2D eigenvalue weighted by molar-refractivity contribution is 0.191. The van der Waals surface area contributed by atoms with Gasteiger partial charge in [-0.15, -0.1) is 0 Å². The summed E-state index contributed by atoms with van der Waals surface area (Å²) in [7, 11) is 1.37. The van der Waals surface area contributed by atoms with Crippen molar-refractivity contribution in [1.29, 1.82) is 0 Å². The molecule has 3 nitrogen and oxygen atoms in total. The molecular formula is C16H12ClFO3. The average molecular weight is 307 g/mol. The highest BCUT2D eigenvalue weighted by Gasteiger charge is 2.17. The first-order valence-corrected chi connectivity index (χ1v) is 6.67. The number of benzene rings is 2. The van der Waals surface area contributed by atoms with Gasteiger partial charge < -0.3 is 14.3 Å². The Hall–Kier alpha value is -2.04. The number of aliphatic hydroxyl groups excluding tert-OH is 1. The average Bonchev–Trinajstić information content (AvgIpc) is 2.90. The van der Waals surface area contributed by atoms with E-state index in [1.54, 1.807) is 24.3 Å². The number of rotatable bonds is 3. The van der Waals surface area contributed by atoms with E-state index in [0.29, 0.717) is 21.9 Å². The summed E-state index contributed by atoms with van der Waals surface area (Å²) < 4.78 is 23.9. The lowest BCUT2D eigenvalue weighted by Crippen LogP contribution is -1.99. The molecule has 21 heavy (non-hydrogen) atoms. The number of aliphatic hydroxyl groups is 1. The van der Waals surface area contributed by atoms with E-state index in [2.05, 4.69) is 0 Å². The van der Waals surface area contributed by atoms with Gasteiger partial charge in [0.25, 0.3) is 0 Å². The summed E-state index contributed by atoms with van der Waals surface area (Å²) in [5.41, 5.74) is 1.11. The van der Waals surface area contributed by atoms with Crippen LogP contribution in [0.15, 0.2) is 46.9 Å². The normalized spacial score (nSPS) is 12.6. The van der Waals surface area contributed by atoms with Crippen LogP contribution < -0.4 is 4.74 Å². The molecule has 1 N–H and O–H groups in total. The van der Waals surface area contributed by atoms with Crippen molar-refractivity contribution in [3.05, 3.63) is 64.6 Å². The minimum Gasteiger partial charge on any atom is -0.494 e. The largest absolute Gasteiger partial charge is 0.494 e. The molecule has 1 unspecified atom stereocenters. The second kappa shape index (κ2) is 5.39. The molecule has 0 saturated carbocycles. The molecule has 0 spiro atoms. The maximum atomic E-state index is 13.4. The Morgan fingerprint density at radius 2 is 2.00 bits per heavy atom. The van der Waals surface area contributed by atoms with Gasteiger partial charge in [-0.1, -0.05) is 17.7 Å². The van der Waals surface area contributed by atoms with Crippen LogP contribution in [0, 0.1) is 5.82 Å². The topological polar surface area (TPSA) is 42.6 Å².